The fourth-order valence-electron chi connectivity index (χ4n) is 2.38. The molecule has 18 heavy (non-hydrogen) atoms. The van der Waals surface area contributed by atoms with Crippen molar-refractivity contribution in [1.29, 1.82) is 0 Å². The van der Waals surface area contributed by atoms with Gasteiger partial charge in [-0.25, -0.2) is 13.8 Å². The van der Waals surface area contributed by atoms with Crippen LogP contribution < -0.4 is 5.73 Å². The molecular weight excluding hydrogens is 236 g/mol. The molecule has 5 heteroatoms. The number of nitrogens with two attached hydrogens (primary N) is 1. The number of fused-ring (bicyclic) bond motifs is 1. The molecule has 0 bridgehead atoms. The van der Waals surface area contributed by atoms with Crippen molar-refractivity contribution >= 4 is 0 Å². The van der Waals surface area contributed by atoms with Crippen LogP contribution in [0, 0.1) is 11.6 Å². The quantitative estimate of drug-likeness (QED) is 0.841. The van der Waals surface area contributed by atoms with Crippen molar-refractivity contribution in [2.24, 2.45) is 5.73 Å². The first-order valence-electron chi connectivity index (χ1n) is 5.90. The van der Waals surface area contributed by atoms with Gasteiger partial charge in [-0.3, -0.25) is 0 Å². The molecule has 1 aromatic carbocycles. The topological polar surface area (TPSA) is 43.8 Å². The molecule has 3 nitrogen and oxygen atoms in total. The number of rotatable bonds is 1. The van der Waals surface area contributed by atoms with E-state index in [2.05, 4.69) is 4.98 Å². The first kappa shape index (κ1) is 11.3. The van der Waals surface area contributed by atoms with Crippen LogP contribution in [0.25, 0.3) is 11.3 Å². The summed E-state index contributed by atoms with van der Waals surface area (Å²) in [6.07, 6.45) is 3.26. The van der Waals surface area contributed by atoms with Crippen molar-refractivity contribution in [3.63, 3.8) is 0 Å². The van der Waals surface area contributed by atoms with Gasteiger partial charge < -0.3 is 10.3 Å². The Bertz CT molecular complexity index is 592. The molecule has 0 amide bonds. The van der Waals surface area contributed by atoms with Crippen molar-refractivity contribution in [1.82, 2.24) is 9.55 Å². The van der Waals surface area contributed by atoms with Crippen molar-refractivity contribution in [2.45, 2.75) is 25.4 Å². The number of aromatic nitrogens is 2. The molecule has 1 atom stereocenters. The molecular formula is C13H13F2N3. The third-order valence-electron chi connectivity index (χ3n) is 3.33. The van der Waals surface area contributed by atoms with Gasteiger partial charge in [0.15, 0.2) is 0 Å². The zero-order valence-electron chi connectivity index (χ0n) is 9.74. The van der Waals surface area contributed by atoms with E-state index < -0.39 is 11.6 Å². The standard InChI is InChI=1S/C13H13F2N3/c14-8-1-2-10(11(15)5-8)13-12-6-9(16)3-4-18(12)7-17-13/h1-2,5,7,9H,3-4,6,16H2. The highest BCUT2D eigenvalue weighted by molar-refractivity contribution is 5.63. The Morgan fingerprint density at radius 2 is 2.17 bits per heavy atom. The van der Waals surface area contributed by atoms with Crippen LogP contribution >= 0.6 is 0 Å². The third-order valence-corrected chi connectivity index (χ3v) is 3.33. The number of hydrogen-bond acceptors (Lipinski definition) is 2. The molecule has 0 saturated carbocycles. The minimum absolute atomic E-state index is 0.0801. The minimum Gasteiger partial charge on any atom is -0.334 e. The number of halogens is 2. The highest BCUT2D eigenvalue weighted by Gasteiger charge is 2.22. The molecule has 1 aliphatic heterocycles. The van der Waals surface area contributed by atoms with E-state index in [9.17, 15) is 8.78 Å². The van der Waals surface area contributed by atoms with Gasteiger partial charge in [-0.2, -0.15) is 0 Å². The monoisotopic (exact) mass is 249 g/mol. The highest BCUT2D eigenvalue weighted by Crippen LogP contribution is 2.28. The van der Waals surface area contributed by atoms with Crippen LogP contribution in [0.4, 0.5) is 8.78 Å². The molecule has 3 rings (SSSR count). The van der Waals surface area contributed by atoms with Crippen molar-refractivity contribution in [3.05, 3.63) is 41.9 Å². The van der Waals surface area contributed by atoms with Crippen LogP contribution in [0.5, 0.6) is 0 Å². The van der Waals surface area contributed by atoms with Crippen LogP contribution in [0.1, 0.15) is 12.1 Å². The molecule has 94 valence electrons. The summed E-state index contributed by atoms with van der Waals surface area (Å²) in [7, 11) is 0. The average molecular weight is 249 g/mol. The molecule has 1 aliphatic rings. The number of hydrogen-bond donors (Lipinski definition) is 1. The van der Waals surface area contributed by atoms with Gasteiger partial charge in [0, 0.05) is 36.3 Å². The minimum atomic E-state index is -0.587. The average Bonchev–Trinajstić information content (AvgIpc) is 2.72. The lowest BCUT2D eigenvalue weighted by Gasteiger charge is -2.21. The van der Waals surface area contributed by atoms with E-state index in [4.69, 9.17) is 5.73 Å². The molecule has 2 N–H and O–H groups in total. The van der Waals surface area contributed by atoms with Crippen LogP contribution in [0.15, 0.2) is 24.5 Å². The van der Waals surface area contributed by atoms with E-state index in [1.54, 1.807) is 6.33 Å². The number of nitrogens with zero attached hydrogens (tertiary/aromatic N) is 2. The SMILES string of the molecule is NC1CCn2cnc(-c3ccc(F)cc3F)c2C1. The van der Waals surface area contributed by atoms with Crippen molar-refractivity contribution in [2.75, 3.05) is 0 Å². The summed E-state index contributed by atoms with van der Waals surface area (Å²) in [6, 6.07) is 3.63. The maximum atomic E-state index is 13.8. The van der Waals surface area contributed by atoms with Gasteiger partial charge in [0.05, 0.1) is 12.0 Å². The number of imidazole rings is 1. The molecule has 1 unspecified atom stereocenters. The van der Waals surface area contributed by atoms with Gasteiger partial charge in [0.2, 0.25) is 0 Å². The highest BCUT2D eigenvalue weighted by atomic mass is 19.1. The van der Waals surface area contributed by atoms with Gasteiger partial charge in [-0.15, -0.1) is 0 Å². The smallest absolute Gasteiger partial charge is 0.135 e. The third kappa shape index (κ3) is 1.80. The Labute approximate surface area is 103 Å². The predicted octanol–water partition coefficient (Wildman–Crippen LogP) is 2.10. The zero-order chi connectivity index (χ0) is 12.7. The van der Waals surface area contributed by atoms with E-state index >= 15 is 0 Å². The summed E-state index contributed by atoms with van der Waals surface area (Å²) >= 11 is 0. The second-order valence-corrected chi connectivity index (χ2v) is 4.61. The Morgan fingerprint density at radius 1 is 1.33 bits per heavy atom. The molecule has 0 aliphatic carbocycles. The van der Waals surface area contributed by atoms with Crippen LogP contribution in [-0.2, 0) is 13.0 Å². The molecule has 0 fully saturated rings. The molecule has 0 saturated heterocycles. The Balaban J connectivity index is 2.10. The maximum absolute atomic E-state index is 13.8. The zero-order valence-corrected chi connectivity index (χ0v) is 9.74. The normalized spacial score (nSPS) is 18.7. The molecule has 0 radical (unpaired) electrons. The van der Waals surface area contributed by atoms with Crippen LogP contribution in [0.2, 0.25) is 0 Å². The van der Waals surface area contributed by atoms with Gasteiger partial charge in [0.25, 0.3) is 0 Å². The second kappa shape index (κ2) is 4.17. The Hall–Kier alpha value is -1.75. The van der Waals surface area contributed by atoms with E-state index in [-0.39, 0.29) is 6.04 Å². The van der Waals surface area contributed by atoms with Crippen molar-refractivity contribution in [3.8, 4) is 11.3 Å². The van der Waals surface area contributed by atoms with Crippen LogP contribution in [0.3, 0.4) is 0 Å². The summed E-state index contributed by atoms with van der Waals surface area (Å²) in [5.74, 6) is -1.17. The molecule has 2 heterocycles. The lowest BCUT2D eigenvalue weighted by atomic mass is 10.0. The van der Waals surface area contributed by atoms with Gasteiger partial charge in [0.1, 0.15) is 11.6 Å². The Morgan fingerprint density at radius 3 is 2.94 bits per heavy atom. The van der Waals surface area contributed by atoms with Gasteiger partial charge in [-0.1, -0.05) is 0 Å². The summed E-state index contributed by atoms with van der Waals surface area (Å²) in [5.41, 5.74) is 7.76. The first-order chi connectivity index (χ1) is 8.65. The first-order valence-corrected chi connectivity index (χ1v) is 5.90. The number of benzene rings is 1. The summed E-state index contributed by atoms with van der Waals surface area (Å²) in [4.78, 5) is 4.24. The van der Waals surface area contributed by atoms with E-state index in [1.165, 1.54) is 12.1 Å². The molecule has 1 aromatic heterocycles. The summed E-state index contributed by atoms with van der Waals surface area (Å²) < 4.78 is 28.7. The number of aryl methyl sites for hydroxylation is 1. The van der Waals surface area contributed by atoms with E-state index in [1.807, 2.05) is 4.57 Å². The van der Waals surface area contributed by atoms with E-state index in [0.717, 1.165) is 24.7 Å². The largest absolute Gasteiger partial charge is 0.334 e. The van der Waals surface area contributed by atoms with Crippen LogP contribution in [-0.4, -0.2) is 15.6 Å². The fraction of sp³-hybridized carbons (Fsp3) is 0.308. The molecule has 2 aromatic rings. The van der Waals surface area contributed by atoms with Crippen molar-refractivity contribution < 1.29 is 8.78 Å². The molecule has 0 spiro atoms. The summed E-state index contributed by atoms with van der Waals surface area (Å²) in [5, 5.41) is 0. The lowest BCUT2D eigenvalue weighted by molar-refractivity contribution is 0.472. The van der Waals surface area contributed by atoms with E-state index in [0.29, 0.717) is 17.7 Å². The predicted molar refractivity (Wildman–Crippen MR) is 63.9 cm³/mol. The summed E-state index contributed by atoms with van der Waals surface area (Å²) in [6.45, 7) is 0.798. The van der Waals surface area contributed by atoms with Gasteiger partial charge in [-0.05, 0) is 18.6 Å². The van der Waals surface area contributed by atoms with Gasteiger partial charge >= 0.3 is 0 Å². The second-order valence-electron chi connectivity index (χ2n) is 4.61. The fourth-order valence-corrected chi connectivity index (χ4v) is 2.38. The Kier molecular flexibility index (Phi) is 2.63. The maximum Gasteiger partial charge on any atom is 0.135 e. The lowest BCUT2D eigenvalue weighted by Crippen LogP contribution is -2.30.